The van der Waals surface area contributed by atoms with Crippen LogP contribution in [0.15, 0.2) is 291 Å². The van der Waals surface area contributed by atoms with E-state index < -0.39 is 0 Å². The van der Waals surface area contributed by atoms with Gasteiger partial charge in [0.1, 0.15) is 0 Å². The van der Waals surface area contributed by atoms with Crippen molar-refractivity contribution in [2.45, 2.75) is 183 Å². The number of para-hydroxylation sites is 5. The fourth-order valence-electron chi connectivity index (χ4n) is 18.5. The molecule has 4 nitrogen and oxygen atoms in total. The molecule has 18 rings (SSSR count). The lowest BCUT2D eigenvalue weighted by Gasteiger charge is -2.46. The van der Waals surface area contributed by atoms with Gasteiger partial charge in [0.25, 0.3) is 6.71 Å². The Hall–Kier alpha value is -11.7. The zero-order valence-electron chi connectivity index (χ0n) is 72.6. The quantitative estimate of drug-likeness (QED) is 0.134. The van der Waals surface area contributed by atoms with Crippen LogP contribution in [0.2, 0.25) is 0 Å². The molecule has 5 heteroatoms. The van der Waals surface area contributed by atoms with Crippen LogP contribution in [0.4, 0.5) is 34.1 Å². The van der Waals surface area contributed by atoms with Crippen molar-refractivity contribution < 1.29 is 0 Å². The molecule has 0 unspecified atom stereocenters. The predicted molar refractivity (Wildman–Crippen MR) is 507 cm³/mol. The molecule has 0 N–H and O–H groups in total. The van der Waals surface area contributed by atoms with Crippen LogP contribution in [-0.4, -0.2) is 15.8 Å². The lowest BCUT2D eigenvalue weighted by molar-refractivity contribution is 0.569. The van der Waals surface area contributed by atoms with Gasteiger partial charge in [0.2, 0.25) is 0 Å². The van der Waals surface area contributed by atoms with Gasteiger partial charge < -0.3 is 18.9 Å². The van der Waals surface area contributed by atoms with Crippen molar-refractivity contribution in [1.82, 2.24) is 9.13 Å². The molecule has 16 aromatic rings. The molecule has 0 saturated carbocycles. The minimum atomic E-state index is -0.348. The molecule has 0 bridgehead atoms. The number of anilines is 6. The van der Waals surface area contributed by atoms with E-state index in [4.69, 9.17) is 0 Å². The number of hydrogen-bond donors (Lipinski definition) is 0. The average Bonchev–Trinajstić information content (AvgIpc) is 0.987. The Balaban J connectivity index is 1.00. The van der Waals surface area contributed by atoms with E-state index in [0.717, 1.165) is 84.2 Å². The maximum absolute atomic E-state index is 2.76. The Bertz CT molecular complexity index is 6430. The van der Waals surface area contributed by atoms with Crippen LogP contribution < -0.4 is 26.2 Å². The zero-order chi connectivity index (χ0) is 82.1. The van der Waals surface area contributed by atoms with Gasteiger partial charge in [0, 0.05) is 77.9 Å². The summed E-state index contributed by atoms with van der Waals surface area (Å²) in [6, 6.07) is 114. The second-order valence-corrected chi connectivity index (χ2v) is 40.7. The summed E-state index contributed by atoms with van der Waals surface area (Å²) in [4.78, 5) is 5.52. The summed E-state index contributed by atoms with van der Waals surface area (Å²) < 4.78 is 5.03. The van der Waals surface area contributed by atoms with E-state index in [9.17, 15) is 0 Å². The van der Waals surface area contributed by atoms with Crippen molar-refractivity contribution >= 4 is 101 Å². The van der Waals surface area contributed by atoms with Crippen LogP contribution >= 0.6 is 0 Å². The molecular formula is C112H111BN4. The Morgan fingerprint density at radius 2 is 0.530 bits per heavy atom. The van der Waals surface area contributed by atoms with Gasteiger partial charge in [-0.15, -0.1) is 0 Å². The van der Waals surface area contributed by atoms with Crippen molar-refractivity contribution in [1.29, 1.82) is 0 Å². The predicted octanol–water partition coefficient (Wildman–Crippen LogP) is 29.4. The third-order valence-corrected chi connectivity index (χ3v) is 25.4. The van der Waals surface area contributed by atoms with Crippen LogP contribution in [-0.2, 0) is 37.9 Å². The van der Waals surface area contributed by atoms with Gasteiger partial charge in [-0.3, -0.25) is 0 Å². The molecule has 0 atom stereocenters. The molecule has 117 heavy (non-hydrogen) atoms. The van der Waals surface area contributed by atoms with Crippen molar-refractivity contribution in [2.24, 2.45) is 0 Å². The number of fused-ring (bicyclic) bond motifs is 10. The standard InChI is InChI=1S/C112H111BN4/c1-106(2,3)76-50-41-70(42-51-76)85-35-29-36-86(71-43-52-77(53-44-71)107(4,5)6)104(85)116-99-63-74(75-61-80(110(13,14)15)64-81(62-75)111(16,17)18)49-59-93(99)113-94-60-58-84(115-96-40-28-26-34-90(96)92-68-97-91(69-98(92)115)89-33-25-27-39-95(89)114(97)83-31-23-22-24-32-83)67-100(94)117(102-66-82(112(19,20)21)65-101(116)103(102)113)105-87(72-45-54-78(55-46-72)108(7,8)9)37-30-38-88(105)73-47-56-79(57-48-73)109(10,11)12/h22-69H,1-21H3. The first-order chi connectivity index (χ1) is 55.4. The van der Waals surface area contributed by atoms with Gasteiger partial charge in [-0.05, 0) is 193 Å². The first-order valence-electron chi connectivity index (χ1n) is 42.4. The molecular weight excluding hydrogens is 1410 g/mol. The zero-order valence-corrected chi connectivity index (χ0v) is 72.6. The molecule has 2 aromatic heterocycles. The molecule has 0 saturated heterocycles. The molecule has 0 spiro atoms. The smallest absolute Gasteiger partial charge is 0.252 e. The van der Waals surface area contributed by atoms with Gasteiger partial charge >= 0.3 is 0 Å². The van der Waals surface area contributed by atoms with E-state index in [1.807, 2.05) is 0 Å². The number of hydrogen-bond acceptors (Lipinski definition) is 2. The third kappa shape index (κ3) is 13.3. The fraction of sp³-hybridized carbons (Fsp3) is 0.250. The van der Waals surface area contributed by atoms with Gasteiger partial charge in [-0.25, -0.2) is 0 Å². The van der Waals surface area contributed by atoms with Crippen LogP contribution in [0.5, 0.6) is 0 Å². The molecule has 2 aliphatic heterocycles. The largest absolute Gasteiger partial charge is 0.310 e. The average molecular weight is 1520 g/mol. The second-order valence-electron chi connectivity index (χ2n) is 40.7. The van der Waals surface area contributed by atoms with Crippen molar-refractivity contribution in [3.63, 3.8) is 0 Å². The highest BCUT2D eigenvalue weighted by atomic mass is 15.2. The number of aromatic nitrogens is 2. The minimum Gasteiger partial charge on any atom is -0.310 e. The summed E-state index contributed by atoms with van der Waals surface area (Å²) in [5.41, 5.74) is 37.6. The number of benzene rings is 14. The minimum absolute atomic E-state index is 0.0479. The van der Waals surface area contributed by atoms with Crippen LogP contribution in [0, 0.1) is 0 Å². The highest BCUT2D eigenvalue weighted by molar-refractivity contribution is 7.00. The molecule has 4 heterocycles. The highest BCUT2D eigenvalue weighted by Gasteiger charge is 2.47. The third-order valence-electron chi connectivity index (χ3n) is 25.4. The molecule has 2 aliphatic rings. The maximum Gasteiger partial charge on any atom is 0.252 e. The fourth-order valence-corrected chi connectivity index (χ4v) is 18.5. The summed E-state index contributed by atoms with van der Waals surface area (Å²) >= 11 is 0. The van der Waals surface area contributed by atoms with Gasteiger partial charge in [-0.2, -0.15) is 0 Å². The van der Waals surface area contributed by atoms with Gasteiger partial charge in [0.05, 0.1) is 33.4 Å². The maximum atomic E-state index is 2.76. The lowest BCUT2D eigenvalue weighted by Crippen LogP contribution is -2.61. The topological polar surface area (TPSA) is 16.3 Å². The monoisotopic (exact) mass is 1520 g/mol. The Morgan fingerprint density at radius 3 is 0.906 bits per heavy atom. The van der Waals surface area contributed by atoms with Crippen molar-refractivity contribution in [2.75, 3.05) is 9.80 Å². The first kappa shape index (κ1) is 76.6. The molecule has 0 fully saturated rings. The molecule has 0 aliphatic carbocycles. The summed E-state index contributed by atoms with van der Waals surface area (Å²) in [5, 5.41) is 4.85. The molecule has 0 radical (unpaired) electrons. The summed E-state index contributed by atoms with van der Waals surface area (Å²) in [7, 11) is 0. The second kappa shape index (κ2) is 27.5. The summed E-state index contributed by atoms with van der Waals surface area (Å²) in [6.07, 6.45) is 0. The lowest BCUT2D eigenvalue weighted by atomic mass is 9.33. The van der Waals surface area contributed by atoms with E-state index in [1.54, 1.807) is 0 Å². The van der Waals surface area contributed by atoms with E-state index in [2.05, 4.69) is 456 Å². The van der Waals surface area contributed by atoms with Gasteiger partial charge in [0.15, 0.2) is 0 Å². The van der Waals surface area contributed by atoms with Crippen molar-refractivity contribution in [3.8, 4) is 67.0 Å². The SMILES string of the molecule is CC(C)(C)c1ccc(-c2cccc(-c3ccc(C(C)(C)C)cc3)c2N2c3cc(-c4cc(C(C)(C)C)cc(C(C)(C)C)c4)ccc3B3c4ccc(-n5c6ccccc6c6cc7c(cc65)c5ccccc5n7-c5ccccc5)cc4N(c4c(-c5ccc(C(C)(C)C)cc5)cccc4-c4ccc(C(C)(C)C)cc4)c4cc(C(C)(C)C)cc2c43)cc1. The Morgan fingerprint density at radius 1 is 0.205 bits per heavy atom. The van der Waals surface area contributed by atoms with Crippen LogP contribution in [0.1, 0.15) is 184 Å². The Labute approximate surface area is 695 Å². The summed E-state index contributed by atoms with van der Waals surface area (Å²) in [6.45, 7) is 49.1. The highest BCUT2D eigenvalue weighted by Crippen LogP contribution is 2.56. The number of rotatable bonds is 9. The van der Waals surface area contributed by atoms with E-state index in [0.29, 0.717) is 0 Å². The summed E-state index contributed by atoms with van der Waals surface area (Å²) in [5.74, 6) is 0. The molecule has 0 amide bonds. The molecule has 582 valence electrons. The van der Waals surface area contributed by atoms with Crippen LogP contribution in [0.3, 0.4) is 0 Å². The first-order valence-corrected chi connectivity index (χ1v) is 42.4. The van der Waals surface area contributed by atoms with E-state index in [1.165, 1.54) is 116 Å². The normalized spacial score (nSPS) is 13.5. The van der Waals surface area contributed by atoms with E-state index >= 15 is 0 Å². The van der Waals surface area contributed by atoms with E-state index in [-0.39, 0.29) is 44.6 Å². The Kier molecular flexibility index (Phi) is 18.0. The van der Waals surface area contributed by atoms with Crippen molar-refractivity contribution in [3.05, 3.63) is 330 Å². The number of nitrogens with zero attached hydrogens (tertiary/aromatic N) is 4. The molecule has 14 aromatic carbocycles. The van der Waals surface area contributed by atoms with Gasteiger partial charge in [-0.1, -0.05) is 370 Å². The van der Waals surface area contributed by atoms with Crippen LogP contribution in [0.25, 0.3) is 111 Å².